The number of hydrogen-bond acceptors (Lipinski definition) is 6. The third kappa shape index (κ3) is 5.32. The summed E-state index contributed by atoms with van der Waals surface area (Å²) in [5.74, 6) is -0.478. The standard InChI is InChI=1S/C20H25ClN4O3S2/c1-13(2)29-20-22-12-17(21)18(24-20)19(26)23-15-7-9-16(10-8-15)30(27,28)25-11-5-4-6-14(25)3/h7-10,12-14H,4-6,11H2,1-3H3,(H,23,26)/t14-/m1/s1. The zero-order valence-corrected chi connectivity index (χ0v) is 19.5. The summed E-state index contributed by atoms with van der Waals surface area (Å²) in [7, 11) is -3.56. The quantitative estimate of drug-likeness (QED) is 0.497. The second-order valence-corrected chi connectivity index (χ2v) is 11.3. The van der Waals surface area contributed by atoms with Crippen molar-refractivity contribution in [2.24, 2.45) is 0 Å². The molecule has 0 bridgehead atoms. The van der Waals surface area contributed by atoms with Crippen LogP contribution in [0, 0.1) is 0 Å². The van der Waals surface area contributed by atoms with Gasteiger partial charge in [-0.2, -0.15) is 4.31 Å². The monoisotopic (exact) mass is 468 g/mol. The molecule has 0 spiro atoms. The fraction of sp³-hybridized carbons (Fsp3) is 0.450. The Balaban J connectivity index is 1.75. The van der Waals surface area contributed by atoms with E-state index in [0.717, 1.165) is 19.3 Å². The summed E-state index contributed by atoms with van der Waals surface area (Å²) in [5.41, 5.74) is 0.534. The fourth-order valence-corrected chi connectivity index (χ4v) is 5.80. The van der Waals surface area contributed by atoms with Gasteiger partial charge in [-0.25, -0.2) is 18.4 Å². The van der Waals surface area contributed by atoms with E-state index in [9.17, 15) is 13.2 Å². The predicted octanol–water partition coefficient (Wildman–Crippen LogP) is 4.45. The van der Waals surface area contributed by atoms with Gasteiger partial charge >= 0.3 is 0 Å². The van der Waals surface area contributed by atoms with E-state index in [1.807, 2.05) is 20.8 Å². The first-order valence-corrected chi connectivity index (χ1v) is 12.5. The number of piperidine rings is 1. The molecule has 30 heavy (non-hydrogen) atoms. The zero-order chi connectivity index (χ0) is 21.9. The predicted molar refractivity (Wildman–Crippen MR) is 120 cm³/mol. The molecule has 1 aromatic carbocycles. The molecule has 0 saturated carbocycles. The molecule has 1 aromatic heterocycles. The molecular weight excluding hydrogens is 444 g/mol. The van der Waals surface area contributed by atoms with Gasteiger partial charge in [0.2, 0.25) is 10.0 Å². The SMILES string of the molecule is CC(C)Sc1ncc(Cl)c(C(=O)Nc2ccc(S(=O)(=O)N3CCCC[C@H]3C)cc2)n1. The average Bonchev–Trinajstić information content (AvgIpc) is 2.69. The van der Waals surface area contributed by atoms with Gasteiger partial charge in [0.15, 0.2) is 10.9 Å². The molecule has 1 N–H and O–H groups in total. The number of nitrogens with zero attached hydrogens (tertiary/aromatic N) is 3. The van der Waals surface area contributed by atoms with Crippen molar-refractivity contribution < 1.29 is 13.2 Å². The number of amides is 1. The molecule has 10 heteroatoms. The summed E-state index contributed by atoms with van der Waals surface area (Å²) in [6.07, 6.45) is 4.18. The van der Waals surface area contributed by atoms with Gasteiger partial charge in [-0.3, -0.25) is 4.79 Å². The van der Waals surface area contributed by atoms with Crippen molar-refractivity contribution in [2.75, 3.05) is 11.9 Å². The first kappa shape index (κ1) is 23.0. The number of carbonyl (C=O) groups excluding carboxylic acids is 1. The molecular formula is C20H25ClN4O3S2. The number of aromatic nitrogens is 2. The molecule has 1 aliphatic heterocycles. The van der Waals surface area contributed by atoms with E-state index < -0.39 is 15.9 Å². The third-order valence-corrected chi connectivity index (χ3v) is 7.92. The topological polar surface area (TPSA) is 92.3 Å². The van der Waals surface area contributed by atoms with Gasteiger partial charge in [0.1, 0.15) is 0 Å². The zero-order valence-electron chi connectivity index (χ0n) is 17.1. The van der Waals surface area contributed by atoms with Gasteiger partial charge in [-0.05, 0) is 44.0 Å². The molecule has 1 atom stereocenters. The van der Waals surface area contributed by atoms with Crippen LogP contribution < -0.4 is 5.32 Å². The van der Waals surface area contributed by atoms with Crippen LogP contribution in [-0.4, -0.2) is 46.4 Å². The third-order valence-electron chi connectivity index (χ3n) is 4.74. The summed E-state index contributed by atoms with van der Waals surface area (Å²) in [6, 6.07) is 6.14. The Hall–Kier alpha value is -1.68. The lowest BCUT2D eigenvalue weighted by Gasteiger charge is -2.32. The molecule has 2 heterocycles. The molecule has 162 valence electrons. The van der Waals surface area contributed by atoms with Gasteiger partial charge in [0.05, 0.1) is 16.1 Å². The van der Waals surface area contributed by atoms with Crippen molar-refractivity contribution in [3.05, 3.63) is 41.2 Å². The van der Waals surface area contributed by atoms with Crippen LogP contribution in [0.3, 0.4) is 0 Å². The molecule has 1 amide bonds. The second kappa shape index (κ2) is 9.64. The molecule has 3 rings (SSSR count). The lowest BCUT2D eigenvalue weighted by atomic mass is 10.1. The molecule has 2 aromatic rings. The van der Waals surface area contributed by atoms with Crippen LogP contribution in [0.1, 0.15) is 50.5 Å². The molecule has 0 radical (unpaired) electrons. The molecule has 0 unspecified atom stereocenters. The number of nitrogens with one attached hydrogen (secondary N) is 1. The van der Waals surface area contributed by atoms with Crippen molar-refractivity contribution in [1.82, 2.24) is 14.3 Å². The van der Waals surface area contributed by atoms with Gasteiger partial charge < -0.3 is 5.32 Å². The Bertz CT molecular complexity index is 1010. The van der Waals surface area contributed by atoms with Gasteiger partial charge in [0, 0.05) is 23.5 Å². The number of rotatable bonds is 6. The highest BCUT2D eigenvalue weighted by atomic mass is 35.5. The van der Waals surface area contributed by atoms with Crippen LogP contribution >= 0.6 is 23.4 Å². The van der Waals surface area contributed by atoms with Crippen LogP contribution in [0.4, 0.5) is 5.69 Å². The number of anilines is 1. The minimum Gasteiger partial charge on any atom is -0.321 e. The number of carbonyl (C=O) groups is 1. The lowest BCUT2D eigenvalue weighted by molar-refractivity contribution is 0.102. The van der Waals surface area contributed by atoms with E-state index in [1.165, 1.54) is 30.1 Å². The minimum absolute atomic E-state index is 0.0130. The first-order chi connectivity index (χ1) is 14.2. The summed E-state index contributed by atoms with van der Waals surface area (Å²) < 4.78 is 27.4. The van der Waals surface area contributed by atoms with Gasteiger partial charge in [0.25, 0.3) is 5.91 Å². The van der Waals surface area contributed by atoms with Crippen molar-refractivity contribution in [3.63, 3.8) is 0 Å². The van der Waals surface area contributed by atoms with E-state index in [1.54, 1.807) is 16.4 Å². The normalized spacial score (nSPS) is 17.8. The Morgan fingerprint density at radius 3 is 2.60 bits per heavy atom. The highest BCUT2D eigenvalue weighted by molar-refractivity contribution is 7.99. The highest BCUT2D eigenvalue weighted by Gasteiger charge is 2.30. The summed E-state index contributed by atoms with van der Waals surface area (Å²) in [6.45, 7) is 6.47. The van der Waals surface area contributed by atoms with Crippen molar-refractivity contribution in [1.29, 1.82) is 0 Å². The number of benzene rings is 1. The Morgan fingerprint density at radius 1 is 1.27 bits per heavy atom. The fourth-order valence-electron chi connectivity index (χ4n) is 3.24. The maximum atomic E-state index is 12.9. The minimum atomic E-state index is -3.56. The van der Waals surface area contributed by atoms with E-state index in [2.05, 4.69) is 15.3 Å². The summed E-state index contributed by atoms with van der Waals surface area (Å²) in [4.78, 5) is 21.2. The highest BCUT2D eigenvalue weighted by Crippen LogP contribution is 2.26. The average molecular weight is 469 g/mol. The Kier molecular flexibility index (Phi) is 7.38. The molecule has 1 saturated heterocycles. The second-order valence-electron chi connectivity index (χ2n) is 7.45. The lowest BCUT2D eigenvalue weighted by Crippen LogP contribution is -2.41. The van der Waals surface area contributed by atoms with Crippen LogP contribution in [-0.2, 0) is 10.0 Å². The number of thioether (sulfide) groups is 1. The van der Waals surface area contributed by atoms with Crippen LogP contribution in [0.5, 0.6) is 0 Å². The van der Waals surface area contributed by atoms with Crippen LogP contribution in [0.25, 0.3) is 0 Å². The largest absolute Gasteiger partial charge is 0.321 e. The van der Waals surface area contributed by atoms with Crippen LogP contribution in [0.2, 0.25) is 5.02 Å². The summed E-state index contributed by atoms with van der Waals surface area (Å²) in [5, 5.41) is 3.60. The summed E-state index contributed by atoms with van der Waals surface area (Å²) >= 11 is 7.53. The maximum absolute atomic E-state index is 12.9. The van der Waals surface area contributed by atoms with Crippen molar-refractivity contribution in [3.8, 4) is 0 Å². The van der Waals surface area contributed by atoms with Gasteiger partial charge in [-0.15, -0.1) is 0 Å². The number of hydrogen-bond donors (Lipinski definition) is 1. The number of sulfonamides is 1. The van der Waals surface area contributed by atoms with E-state index in [4.69, 9.17) is 11.6 Å². The van der Waals surface area contributed by atoms with E-state index >= 15 is 0 Å². The molecule has 7 nitrogen and oxygen atoms in total. The first-order valence-electron chi connectivity index (χ1n) is 9.81. The van der Waals surface area contributed by atoms with Crippen molar-refractivity contribution in [2.45, 2.75) is 61.4 Å². The van der Waals surface area contributed by atoms with Gasteiger partial charge in [-0.1, -0.05) is 43.6 Å². The molecule has 0 aliphatic carbocycles. The molecule has 1 aliphatic rings. The van der Waals surface area contributed by atoms with E-state index in [-0.39, 0.29) is 26.9 Å². The van der Waals surface area contributed by atoms with Crippen molar-refractivity contribution >= 4 is 45.0 Å². The Labute approximate surface area is 186 Å². The Morgan fingerprint density at radius 2 is 1.97 bits per heavy atom. The van der Waals surface area contributed by atoms with Crippen LogP contribution in [0.15, 0.2) is 40.5 Å². The molecule has 1 fully saturated rings. The smallest absolute Gasteiger partial charge is 0.275 e. The number of halogens is 1. The van der Waals surface area contributed by atoms with E-state index in [0.29, 0.717) is 17.4 Å². The maximum Gasteiger partial charge on any atom is 0.275 e.